The molecule has 0 amide bonds. The van der Waals surface area contributed by atoms with Gasteiger partial charge in [0, 0.05) is 11.3 Å². The first-order valence-corrected chi connectivity index (χ1v) is 8.13. The van der Waals surface area contributed by atoms with Crippen molar-refractivity contribution in [3.63, 3.8) is 0 Å². The van der Waals surface area contributed by atoms with Crippen LogP contribution in [0.1, 0.15) is 19.4 Å². The van der Waals surface area contributed by atoms with Crippen molar-refractivity contribution >= 4 is 5.70 Å². The van der Waals surface area contributed by atoms with Crippen molar-refractivity contribution in [2.24, 2.45) is 16.2 Å². The Morgan fingerprint density at radius 3 is 2.65 bits per heavy atom. The molecule has 6 N–H and O–H groups in total. The summed E-state index contributed by atoms with van der Waals surface area (Å²) in [4.78, 5) is 0. The van der Waals surface area contributed by atoms with Gasteiger partial charge in [-0.3, -0.25) is 0 Å². The van der Waals surface area contributed by atoms with Crippen molar-refractivity contribution in [3.8, 4) is 5.75 Å². The summed E-state index contributed by atoms with van der Waals surface area (Å²) in [6, 6.07) is 7.50. The van der Waals surface area contributed by atoms with Gasteiger partial charge in [0.15, 0.2) is 0 Å². The number of ether oxygens (including phenoxy) is 1. The Morgan fingerprint density at radius 2 is 2.04 bits per heavy atom. The molecule has 2 rings (SSSR count). The predicted octanol–water partition coefficient (Wildman–Crippen LogP) is 4.70. The molecule has 6 heteroatoms. The third-order valence-corrected chi connectivity index (χ3v) is 3.39. The summed E-state index contributed by atoms with van der Waals surface area (Å²) in [5.41, 5.74) is 3.33. The van der Waals surface area contributed by atoms with Crippen LogP contribution in [0.4, 0.5) is 0 Å². The predicted molar refractivity (Wildman–Crippen MR) is 110 cm³/mol. The summed E-state index contributed by atoms with van der Waals surface area (Å²) < 4.78 is 5.81. The van der Waals surface area contributed by atoms with Gasteiger partial charge in [0.05, 0.1) is 11.7 Å². The molecule has 1 heterocycles. The van der Waals surface area contributed by atoms with E-state index in [-0.39, 0.29) is 12.2 Å². The van der Waals surface area contributed by atoms with E-state index in [1.807, 2.05) is 62.4 Å². The van der Waals surface area contributed by atoms with Crippen LogP contribution in [0.25, 0.3) is 5.70 Å². The van der Waals surface area contributed by atoms with Crippen molar-refractivity contribution in [2.75, 3.05) is 6.61 Å². The first-order valence-electron chi connectivity index (χ1n) is 8.13. The topological polar surface area (TPSA) is 107 Å². The SMILES string of the molecule is C=CC1=CC=C(COc2cccc(C(=C)N=NN)c2)NC1C=C.CC.N. The molecule has 0 saturated heterocycles. The molecule has 1 aliphatic heterocycles. The van der Waals surface area contributed by atoms with Crippen LogP contribution in [0, 0.1) is 0 Å². The van der Waals surface area contributed by atoms with E-state index in [0.29, 0.717) is 18.1 Å². The van der Waals surface area contributed by atoms with Crippen LogP contribution in [0.5, 0.6) is 5.75 Å². The monoisotopic (exact) mass is 355 g/mol. The van der Waals surface area contributed by atoms with Crippen molar-refractivity contribution in [1.82, 2.24) is 11.5 Å². The Labute approximate surface area is 156 Å². The summed E-state index contributed by atoms with van der Waals surface area (Å²) in [7, 11) is 0. The number of nitrogens with one attached hydrogen (secondary N) is 1. The van der Waals surface area contributed by atoms with Gasteiger partial charge >= 0.3 is 0 Å². The molecular formula is C20H29N5O. The molecule has 1 aromatic rings. The summed E-state index contributed by atoms with van der Waals surface area (Å²) in [6.07, 6.45) is 7.63. The molecule has 0 aliphatic carbocycles. The van der Waals surface area contributed by atoms with Gasteiger partial charge in [0.1, 0.15) is 12.4 Å². The lowest BCUT2D eigenvalue weighted by Gasteiger charge is -2.23. The number of hydrogen-bond acceptors (Lipinski definition) is 5. The van der Waals surface area contributed by atoms with Crippen LogP contribution in [-0.4, -0.2) is 12.6 Å². The van der Waals surface area contributed by atoms with E-state index in [1.54, 1.807) is 0 Å². The van der Waals surface area contributed by atoms with E-state index in [4.69, 9.17) is 10.6 Å². The molecule has 1 atom stereocenters. The second-order valence-corrected chi connectivity index (χ2v) is 4.90. The lowest BCUT2D eigenvalue weighted by atomic mass is 10.0. The Morgan fingerprint density at radius 1 is 1.31 bits per heavy atom. The Kier molecular flexibility index (Phi) is 10.8. The van der Waals surface area contributed by atoms with Crippen molar-refractivity contribution in [1.29, 1.82) is 0 Å². The summed E-state index contributed by atoms with van der Waals surface area (Å²) in [5, 5.41) is 10.3. The van der Waals surface area contributed by atoms with Crippen LogP contribution >= 0.6 is 0 Å². The Hall–Kier alpha value is -3.12. The van der Waals surface area contributed by atoms with Gasteiger partial charge in [-0.1, -0.05) is 62.6 Å². The number of rotatable bonds is 7. The Bertz CT molecular complexity index is 704. The molecule has 0 saturated carbocycles. The first-order chi connectivity index (χ1) is 12.2. The highest BCUT2D eigenvalue weighted by Gasteiger charge is 2.13. The minimum atomic E-state index is 0. The number of benzene rings is 1. The standard InChI is InChI=1S/C18H20N4O.C2H6.H3N/c1-4-14-9-10-16(20-18(14)5-2)12-23-17-8-6-7-15(11-17)13(3)21-22-19;1-2;/h4-11,18,20H,1-3,12H2,(H2,19,21);1-2H3;1H3. The van der Waals surface area contributed by atoms with E-state index in [0.717, 1.165) is 16.8 Å². The molecule has 1 aromatic carbocycles. The fourth-order valence-corrected chi connectivity index (χ4v) is 2.17. The highest BCUT2D eigenvalue weighted by atomic mass is 16.5. The molecule has 0 bridgehead atoms. The third kappa shape index (κ3) is 6.41. The zero-order valence-corrected chi connectivity index (χ0v) is 15.6. The van der Waals surface area contributed by atoms with Crippen LogP contribution < -0.4 is 22.0 Å². The second kappa shape index (κ2) is 12.3. The van der Waals surface area contributed by atoms with Crippen LogP contribution in [0.3, 0.4) is 0 Å². The average Bonchev–Trinajstić information content (AvgIpc) is 2.68. The number of hydrogen-bond donors (Lipinski definition) is 3. The summed E-state index contributed by atoms with van der Waals surface area (Å²) >= 11 is 0. The van der Waals surface area contributed by atoms with Gasteiger partial charge in [-0.25, -0.2) is 0 Å². The zero-order chi connectivity index (χ0) is 18.7. The minimum Gasteiger partial charge on any atom is -0.487 e. The van der Waals surface area contributed by atoms with Crippen LogP contribution in [0.2, 0.25) is 0 Å². The number of nitrogens with zero attached hydrogens (tertiary/aromatic N) is 2. The molecule has 140 valence electrons. The number of allylic oxidation sites excluding steroid dienone is 2. The van der Waals surface area contributed by atoms with Gasteiger partial charge in [0.25, 0.3) is 0 Å². The second-order valence-electron chi connectivity index (χ2n) is 4.90. The lowest BCUT2D eigenvalue weighted by Crippen LogP contribution is -2.32. The van der Waals surface area contributed by atoms with E-state index in [2.05, 4.69) is 35.4 Å². The fourth-order valence-electron chi connectivity index (χ4n) is 2.17. The molecule has 26 heavy (non-hydrogen) atoms. The van der Waals surface area contributed by atoms with Gasteiger partial charge < -0.3 is 22.0 Å². The van der Waals surface area contributed by atoms with Gasteiger partial charge in [-0.2, -0.15) is 0 Å². The maximum absolute atomic E-state index is 5.81. The maximum atomic E-state index is 5.81. The highest BCUT2D eigenvalue weighted by Crippen LogP contribution is 2.21. The fraction of sp³-hybridized carbons (Fsp3) is 0.200. The molecule has 1 unspecified atom stereocenters. The van der Waals surface area contributed by atoms with E-state index in [1.165, 1.54) is 0 Å². The molecule has 0 aromatic heterocycles. The van der Waals surface area contributed by atoms with E-state index >= 15 is 0 Å². The van der Waals surface area contributed by atoms with Gasteiger partial charge in [-0.15, -0.1) is 11.7 Å². The zero-order valence-electron chi connectivity index (χ0n) is 15.6. The van der Waals surface area contributed by atoms with E-state index in [9.17, 15) is 0 Å². The van der Waals surface area contributed by atoms with Gasteiger partial charge in [0.2, 0.25) is 0 Å². The molecule has 6 nitrogen and oxygen atoms in total. The van der Waals surface area contributed by atoms with Crippen molar-refractivity contribution < 1.29 is 4.74 Å². The third-order valence-electron chi connectivity index (χ3n) is 3.39. The highest BCUT2D eigenvalue weighted by molar-refractivity contribution is 5.63. The maximum Gasteiger partial charge on any atom is 0.128 e. The number of dihydropyridines is 1. The molecule has 1 aliphatic rings. The largest absolute Gasteiger partial charge is 0.487 e. The Balaban J connectivity index is 0.00000201. The molecule has 0 fully saturated rings. The molecule has 0 radical (unpaired) electrons. The first kappa shape index (κ1) is 22.9. The molecule has 0 spiro atoms. The molecular weight excluding hydrogens is 326 g/mol. The van der Waals surface area contributed by atoms with Gasteiger partial charge in [-0.05, 0) is 23.8 Å². The summed E-state index contributed by atoms with van der Waals surface area (Å²) in [6.45, 7) is 15.8. The van der Waals surface area contributed by atoms with Crippen molar-refractivity contribution in [2.45, 2.75) is 19.9 Å². The average molecular weight is 355 g/mol. The quantitative estimate of drug-likeness (QED) is 0.285. The summed E-state index contributed by atoms with van der Waals surface area (Å²) in [5.74, 6) is 5.75. The number of nitrogens with two attached hydrogens (primary N) is 1. The van der Waals surface area contributed by atoms with E-state index < -0.39 is 0 Å². The van der Waals surface area contributed by atoms with Crippen LogP contribution in [-0.2, 0) is 0 Å². The lowest BCUT2D eigenvalue weighted by molar-refractivity contribution is 0.340. The normalized spacial score (nSPS) is 15.2. The van der Waals surface area contributed by atoms with Crippen LogP contribution in [0.15, 0.2) is 89.9 Å². The minimum absolute atomic E-state index is 0. The smallest absolute Gasteiger partial charge is 0.128 e. The van der Waals surface area contributed by atoms with Crippen molar-refractivity contribution in [3.05, 3.63) is 85.1 Å².